The smallest absolute Gasteiger partial charge is 0.307 e. The number of rotatable bonds is 6. The number of amides is 1. The van der Waals surface area contributed by atoms with Gasteiger partial charge in [0.05, 0.1) is 0 Å². The molecule has 6 heteroatoms. The zero-order valence-electron chi connectivity index (χ0n) is 11.7. The Balaban J connectivity index is 2.02. The Morgan fingerprint density at radius 1 is 1.52 bits per heavy atom. The number of nitrogens with zero attached hydrogens (tertiary/aromatic N) is 1. The lowest BCUT2D eigenvalue weighted by Crippen LogP contribution is -2.25. The highest BCUT2D eigenvalue weighted by atomic mass is 32.1. The van der Waals surface area contributed by atoms with Crippen LogP contribution in [0.2, 0.25) is 0 Å². The van der Waals surface area contributed by atoms with Crippen LogP contribution in [-0.4, -0.2) is 17.1 Å². The van der Waals surface area contributed by atoms with Crippen molar-refractivity contribution in [2.75, 3.05) is 11.9 Å². The van der Waals surface area contributed by atoms with Crippen molar-refractivity contribution in [1.29, 1.82) is 0 Å². The highest BCUT2D eigenvalue weighted by molar-refractivity contribution is 7.07. The Kier molecular flexibility index (Phi) is 4.94. The molecule has 2 rings (SSSR count). The van der Waals surface area contributed by atoms with Gasteiger partial charge < -0.3 is 10.1 Å². The predicted octanol–water partition coefficient (Wildman–Crippen LogP) is 2.42. The highest BCUT2D eigenvalue weighted by Crippen LogP contribution is 2.17. The Labute approximate surface area is 126 Å². The van der Waals surface area contributed by atoms with E-state index in [9.17, 15) is 9.59 Å². The number of aromatic nitrogens is 1. The maximum Gasteiger partial charge on any atom is 0.307 e. The van der Waals surface area contributed by atoms with Gasteiger partial charge in [-0.15, -0.1) is 0 Å². The van der Waals surface area contributed by atoms with Crippen molar-refractivity contribution in [3.8, 4) is 5.75 Å². The zero-order chi connectivity index (χ0) is 15.2. The number of carbonyl (C=O) groups excluding carboxylic acids is 1. The first-order chi connectivity index (χ1) is 10.1. The molecule has 0 unspecified atom stereocenters. The van der Waals surface area contributed by atoms with E-state index in [-0.39, 0.29) is 17.3 Å². The van der Waals surface area contributed by atoms with Gasteiger partial charge in [-0.2, -0.15) is 0 Å². The predicted molar refractivity (Wildman–Crippen MR) is 84.1 cm³/mol. The Hall–Kier alpha value is -2.34. The van der Waals surface area contributed by atoms with Crippen LogP contribution in [0.5, 0.6) is 5.75 Å². The Morgan fingerprint density at radius 2 is 2.33 bits per heavy atom. The number of hydrogen-bond donors (Lipinski definition) is 1. The van der Waals surface area contributed by atoms with Gasteiger partial charge in [0.25, 0.3) is 0 Å². The molecular weight excluding hydrogens is 288 g/mol. The molecule has 21 heavy (non-hydrogen) atoms. The van der Waals surface area contributed by atoms with Gasteiger partial charge in [-0.25, -0.2) is 0 Å². The summed E-state index contributed by atoms with van der Waals surface area (Å²) in [6, 6.07) is 7.08. The van der Waals surface area contributed by atoms with Crippen molar-refractivity contribution in [3.63, 3.8) is 0 Å². The summed E-state index contributed by atoms with van der Waals surface area (Å²) in [5, 5.41) is 4.49. The van der Waals surface area contributed by atoms with Gasteiger partial charge in [-0.1, -0.05) is 30.1 Å². The molecule has 5 nitrogen and oxygen atoms in total. The van der Waals surface area contributed by atoms with Gasteiger partial charge in [0.1, 0.15) is 18.9 Å². The summed E-state index contributed by atoms with van der Waals surface area (Å²) in [6.07, 6.45) is 1.65. The molecule has 0 aliphatic carbocycles. The number of anilines is 1. The molecular formula is C15H16N2O3S. The van der Waals surface area contributed by atoms with E-state index < -0.39 is 0 Å². The van der Waals surface area contributed by atoms with E-state index in [1.165, 1.54) is 4.57 Å². The van der Waals surface area contributed by atoms with Crippen LogP contribution >= 0.6 is 11.3 Å². The van der Waals surface area contributed by atoms with E-state index in [1.807, 2.05) is 0 Å². The van der Waals surface area contributed by atoms with Crippen LogP contribution in [-0.2, 0) is 11.3 Å². The normalized spacial score (nSPS) is 10.1. The minimum absolute atomic E-state index is 0.00586. The first-order valence-corrected chi connectivity index (χ1v) is 7.26. The molecule has 0 aliphatic rings. The topological polar surface area (TPSA) is 60.3 Å². The van der Waals surface area contributed by atoms with Crippen molar-refractivity contribution >= 4 is 22.9 Å². The second kappa shape index (κ2) is 6.90. The standard InChI is InChI=1S/C15H16N2O3S/c1-3-7-20-13-6-4-5-12(8-13)16-14(18)9-17-11(2)10-21-15(17)19/h3-6,8,10H,1,7,9H2,2H3,(H,16,18). The molecule has 0 bridgehead atoms. The number of ether oxygens (including phenoxy) is 1. The fourth-order valence-corrected chi connectivity index (χ4v) is 2.49. The maximum absolute atomic E-state index is 12.0. The van der Waals surface area contributed by atoms with Gasteiger partial charge in [0.15, 0.2) is 0 Å². The van der Waals surface area contributed by atoms with Gasteiger partial charge in [0.2, 0.25) is 5.91 Å². The zero-order valence-corrected chi connectivity index (χ0v) is 12.5. The van der Waals surface area contributed by atoms with Crippen LogP contribution in [0.3, 0.4) is 0 Å². The number of aryl methyl sites for hydroxylation is 1. The Morgan fingerprint density at radius 3 is 3.00 bits per heavy atom. The third kappa shape index (κ3) is 4.06. The van der Waals surface area contributed by atoms with Crippen LogP contribution < -0.4 is 14.9 Å². The molecule has 110 valence electrons. The van der Waals surface area contributed by atoms with Gasteiger partial charge in [-0.05, 0) is 19.1 Å². The summed E-state index contributed by atoms with van der Waals surface area (Å²) in [5.74, 6) is 0.399. The molecule has 1 N–H and O–H groups in total. The monoisotopic (exact) mass is 304 g/mol. The minimum Gasteiger partial charge on any atom is -0.489 e. The van der Waals surface area contributed by atoms with Crippen molar-refractivity contribution < 1.29 is 9.53 Å². The van der Waals surface area contributed by atoms with Crippen molar-refractivity contribution in [3.05, 3.63) is 57.7 Å². The lowest BCUT2D eigenvalue weighted by molar-refractivity contribution is -0.116. The first kappa shape index (κ1) is 15.1. The van der Waals surface area contributed by atoms with Crippen LogP contribution in [0.1, 0.15) is 5.69 Å². The molecule has 0 aliphatic heterocycles. The van der Waals surface area contributed by atoms with Gasteiger partial charge in [0, 0.05) is 22.8 Å². The van der Waals surface area contributed by atoms with E-state index in [2.05, 4.69) is 11.9 Å². The van der Waals surface area contributed by atoms with E-state index >= 15 is 0 Å². The highest BCUT2D eigenvalue weighted by Gasteiger charge is 2.09. The van der Waals surface area contributed by atoms with Crippen LogP contribution in [0.4, 0.5) is 5.69 Å². The fourth-order valence-electron chi connectivity index (χ4n) is 1.76. The molecule has 0 saturated carbocycles. The largest absolute Gasteiger partial charge is 0.489 e. The summed E-state index contributed by atoms with van der Waals surface area (Å²) in [5.41, 5.74) is 1.41. The number of nitrogens with one attached hydrogen (secondary N) is 1. The number of benzene rings is 1. The summed E-state index contributed by atoms with van der Waals surface area (Å²) in [7, 11) is 0. The SMILES string of the molecule is C=CCOc1cccc(NC(=O)Cn2c(C)csc2=O)c1. The number of thiazole rings is 1. The second-order valence-corrected chi connectivity index (χ2v) is 5.23. The molecule has 1 aromatic heterocycles. The molecule has 0 saturated heterocycles. The molecule has 2 aromatic rings. The van der Waals surface area contributed by atoms with Crippen LogP contribution in [0.25, 0.3) is 0 Å². The lowest BCUT2D eigenvalue weighted by Gasteiger charge is -2.09. The average molecular weight is 304 g/mol. The van der Waals surface area contributed by atoms with E-state index in [1.54, 1.807) is 42.6 Å². The van der Waals surface area contributed by atoms with Crippen LogP contribution in [0.15, 0.2) is 47.1 Å². The fraction of sp³-hybridized carbons (Fsp3) is 0.200. The lowest BCUT2D eigenvalue weighted by atomic mass is 10.3. The summed E-state index contributed by atoms with van der Waals surface area (Å²) in [4.78, 5) is 23.4. The molecule has 1 amide bonds. The average Bonchev–Trinajstić information content (AvgIpc) is 2.77. The number of carbonyl (C=O) groups is 1. The Bertz CT molecular complexity index is 703. The molecule has 1 aromatic carbocycles. The molecule has 0 spiro atoms. The summed E-state index contributed by atoms with van der Waals surface area (Å²) >= 11 is 1.09. The van der Waals surface area contributed by atoms with E-state index in [0.29, 0.717) is 18.0 Å². The molecule has 1 heterocycles. The van der Waals surface area contributed by atoms with E-state index in [4.69, 9.17) is 4.74 Å². The summed E-state index contributed by atoms with van der Waals surface area (Å²) < 4.78 is 6.84. The quantitative estimate of drug-likeness (QED) is 0.834. The third-order valence-electron chi connectivity index (χ3n) is 2.76. The van der Waals surface area contributed by atoms with Gasteiger partial charge >= 0.3 is 4.87 Å². The summed E-state index contributed by atoms with van der Waals surface area (Å²) in [6.45, 7) is 5.79. The van der Waals surface area contributed by atoms with Crippen molar-refractivity contribution in [2.24, 2.45) is 0 Å². The van der Waals surface area contributed by atoms with E-state index in [0.717, 1.165) is 17.0 Å². The van der Waals surface area contributed by atoms with Crippen molar-refractivity contribution in [2.45, 2.75) is 13.5 Å². The molecule has 0 fully saturated rings. The minimum atomic E-state index is -0.250. The van der Waals surface area contributed by atoms with Crippen LogP contribution in [0, 0.1) is 6.92 Å². The second-order valence-electron chi connectivity index (χ2n) is 4.40. The molecule has 0 radical (unpaired) electrons. The first-order valence-electron chi connectivity index (χ1n) is 6.38. The van der Waals surface area contributed by atoms with Gasteiger partial charge in [-0.3, -0.25) is 14.2 Å². The third-order valence-corrected chi connectivity index (χ3v) is 3.64. The maximum atomic E-state index is 12.0. The molecule has 0 atom stereocenters. The van der Waals surface area contributed by atoms with Crippen molar-refractivity contribution in [1.82, 2.24) is 4.57 Å². The number of hydrogen-bond acceptors (Lipinski definition) is 4.